The van der Waals surface area contributed by atoms with E-state index in [4.69, 9.17) is 4.74 Å². The number of carbonyl (C=O) groups excluding carboxylic acids is 1. The first-order valence-corrected chi connectivity index (χ1v) is 6.61. The molecular formula is C11H23NO2S. The summed E-state index contributed by atoms with van der Waals surface area (Å²) in [5.41, 5.74) is -0.363. The summed E-state index contributed by atoms with van der Waals surface area (Å²) in [6.45, 7) is 9.81. The third-order valence-electron chi connectivity index (χ3n) is 1.49. The fourth-order valence-corrected chi connectivity index (χ4v) is 1.63. The summed E-state index contributed by atoms with van der Waals surface area (Å²) >= 11 is 1.62. The average molecular weight is 233 g/mol. The largest absolute Gasteiger partial charge is 0.459 e. The van der Waals surface area contributed by atoms with Crippen molar-refractivity contribution in [2.75, 3.05) is 24.6 Å². The summed E-state index contributed by atoms with van der Waals surface area (Å²) in [7, 11) is 0. The molecule has 0 spiro atoms. The zero-order chi connectivity index (χ0) is 11.7. The van der Waals surface area contributed by atoms with Crippen molar-refractivity contribution >= 4 is 17.7 Å². The summed E-state index contributed by atoms with van der Waals surface area (Å²) in [6, 6.07) is 0. The molecule has 0 fully saturated rings. The molecule has 0 atom stereocenters. The Balaban J connectivity index is 3.32. The maximum absolute atomic E-state index is 11.3. The fraction of sp³-hybridized carbons (Fsp3) is 0.909. The second kappa shape index (κ2) is 7.99. The molecule has 15 heavy (non-hydrogen) atoms. The molecule has 0 saturated heterocycles. The summed E-state index contributed by atoms with van der Waals surface area (Å²) in [5.74, 6) is 1.28. The van der Waals surface area contributed by atoms with Gasteiger partial charge in [-0.05, 0) is 33.7 Å². The van der Waals surface area contributed by atoms with Crippen molar-refractivity contribution in [3.63, 3.8) is 0 Å². The molecule has 1 N–H and O–H groups in total. The molecule has 0 aliphatic carbocycles. The van der Waals surface area contributed by atoms with Crippen LogP contribution in [0.1, 0.15) is 34.1 Å². The summed E-state index contributed by atoms with van der Waals surface area (Å²) in [5, 5.41) is 3.28. The molecule has 0 radical (unpaired) electrons. The maximum atomic E-state index is 11.3. The van der Waals surface area contributed by atoms with E-state index in [0.717, 1.165) is 25.3 Å². The SMILES string of the molecule is CCCNCCSCC(=O)OC(C)(C)C. The van der Waals surface area contributed by atoms with Crippen LogP contribution < -0.4 is 5.32 Å². The van der Waals surface area contributed by atoms with E-state index in [9.17, 15) is 4.79 Å². The first kappa shape index (κ1) is 14.8. The fourth-order valence-electron chi connectivity index (χ4n) is 0.973. The topological polar surface area (TPSA) is 38.3 Å². The predicted octanol–water partition coefficient (Wildman–Crippen LogP) is 2.06. The zero-order valence-electron chi connectivity index (χ0n) is 10.3. The van der Waals surface area contributed by atoms with Crippen LogP contribution in [0, 0.1) is 0 Å². The van der Waals surface area contributed by atoms with E-state index in [1.807, 2.05) is 20.8 Å². The van der Waals surface area contributed by atoms with Crippen LogP contribution in [0.15, 0.2) is 0 Å². The molecule has 0 aromatic carbocycles. The minimum Gasteiger partial charge on any atom is -0.459 e. The lowest BCUT2D eigenvalue weighted by Gasteiger charge is -2.19. The number of ether oxygens (including phenoxy) is 1. The summed E-state index contributed by atoms with van der Waals surface area (Å²) < 4.78 is 5.19. The van der Waals surface area contributed by atoms with E-state index in [-0.39, 0.29) is 11.6 Å². The second-order valence-corrected chi connectivity index (χ2v) is 5.49. The van der Waals surface area contributed by atoms with Gasteiger partial charge in [-0.2, -0.15) is 0 Å². The van der Waals surface area contributed by atoms with Gasteiger partial charge in [-0.25, -0.2) is 0 Å². The molecule has 0 aliphatic rings. The Morgan fingerprint density at radius 1 is 1.33 bits per heavy atom. The quantitative estimate of drug-likeness (QED) is 0.539. The first-order chi connectivity index (χ1) is 6.95. The van der Waals surface area contributed by atoms with Gasteiger partial charge in [0.05, 0.1) is 5.75 Å². The minimum atomic E-state index is -0.363. The number of esters is 1. The van der Waals surface area contributed by atoms with Crippen molar-refractivity contribution in [1.29, 1.82) is 0 Å². The van der Waals surface area contributed by atoms with Gasteiger partial charge in [0.15, 0.2) is 0 Å². The number of nitrogens with one attached hydrogen (secondary N) is 1. The van der Waals surface area contributed by atoms with Gasteiger partial charge < -0.3 is 10.1 Å². The van der Waals surface area contributed by atoms with E-state index in [0.29, 0.717) is 5.75 Å². The Labute approximate surface area is 97.3 Å². The smallest absolute Gasteiger partial charge is 0.316 e. The Kier molecular flexibility index (Phi) is 7.88. The third kappa shape index (κ3) is 11.7. The zero-order valence-corrected chi connectivity index (χ0v) is 11.1. The normalized spacial score (nSPS) is 11.5. The standard InChI is InChI=1S/C11H23NO2S/c1-5-6-12-7-8-15-9-10(13)14-11(2,3)4/h12H,5-9H2,1-4H3. The number of hydrogen-bond donors (Lipinski definition) is 1. The van der Waals surface area contributed by atoms with Gasteiger partial charge in [-0.15, -0.1) is 11.8 Å². The van der Waals surface area contributed by atoms with Crippen LogP contribution in [0.4, 0.5) is 0 Å². The van der Waals surface area contributed by atoms with Crippen molar-refractivity contribution in [3.05, 3.63) is 0 Å². The number of carbonyl (C=O) groups is 1. The molecule has 0 aliphatic heterocycles. The van der Waals surface area contributed by atoms with Crippen molar-refractivity contribution in [3.8, 4) is 0 Å². The number of thioether (sulfide) groups is 1. The number of hydrogen-bond acceptors (Lipinski definition) is 4. The van der Waals surface area contributed by atoms with E-state index >= 15 is 0 Å². The lowest BCUT2D eigenvalue weighted by molar-refractivity contribution is -0.151. The highest BCUT2D eigenvalue weighted by atomic mass is 32.2. The molecule has 4 heteroatoms. The molecule has 0 heterocycles. The lowest BCUT2D eigenvalue weighted by atomic mass is 10.2. The van der Waals surface area contributed by atoms with E-state index in [1.165, 1.54) is 0 Å². The van der Waals surface area contributed by atoms with Crippen LogP contribution in [-0.2, 0) is 9.53 Å². The Morgan fingerprint density at radius 3 is 2.53 bits per heavy atom. The second-order valence-electron chi connectivity index (χ2n) is 4.39. The van der Waals surface area contributed by atoms with Crippen LogP contribution in [-0.4, -0.2) is 36.2 Å². The van der Waals surface area contributed by atoms with Crippen LogP contribution in [0.25, 0.3) is 0 Å². The highest BCUT2D eigenvalue weighted by molar-refractivity contribution is 7.99. The van der Waals surface area contributed by atoms with Crippen molar-refractivity contribution in [2.24, 2.45) is 0 Å². The van der Waals surface area contributed by atoms with E-state index in [1.54, 1.807) is 11.8 Å². The monoisotopic (exact) mass is 233 g/mol. The van der Waals surface area contributed by atoms with Gasteiger partial charge in [0.25, 0.3) is 0 Å². The minimum absolute atomic E-state index is 0.122. The van der Waals surface area contributed by atoms with E-state index < -0.39 is 0 Å². The Hall–Kier alpha value is -0.220. The van der Waals surface area contributed by atoms with Gasteiger partial charge >= 0.3 is 5.97 Å². The van der Waals surface area contributed by atoms with Gasteiger partial charge in [0.1, 0.15) is 5.60 Å². The molecule has 0 aromatic rings. The van der Waals surface area contributed by atoms with Crippen molar-refractivity contribution < 1.29 is 9.53 Å². The molecule has 3 nitrogen and oxygen atoms in total. The molecule has 0 bridgehead atoms. The van der Waals surface area contributed by atoms with Gasteiger partial charge in [-0.1, -0.05) is 6.92 Å². The van der Waals surface area contributed by atoms with Crippen LogP contribution in [0.5, 0.6) is 0 Å². The molecule has 0 aromatic heterocycles. The van der Waals surface area contributed by atoms with Gasteiger partial charge in [0, 0.05) is 12.3 Å². The molecule has 0 amide bonds. The highest BCUT2D eigenvalue weighted by Crippen LogP contribution is 2.09. The maximum Gasteiger partial charge on any atom is 0.316 e. The van der Waals surface area contributed by atoms with E-state index in [2.05, 4.69) is 12.2 Å². The molecular weight excluding hydrogens is 210 g/mol. The Morgan fingerprint density at radius 2 is 2.00 bits per heavy atom. The van der Waals surface area contributed by atoms with Crippen LogP contribution in [0.2, 0.25) is 0 Å². The lowest BCUT2D eigenvalue weighted by Crippen LogP contribution is -2.25. The van der Waals surface area contributed by atoms with Crippen LogP contribution >= 0.6 is 11.8 Å². The van der Waals surface area contributed by atoms with Crippen LogP contribution in [0.3, 0.4) is 0 Å². The first-order valence-electron chi connectivity index (χ1n) is 5.46. The average Bonchev–Trinajstić information content (AvgIpc) is 2.08. The predicted molar refractivity (Wildman–Crippen MR) is 66.3 cm³/mol. The third-order valence-corrected chi connectivity index (χ3v) is 2.42. The van der Waals surface area contributed by atoms with Crippen molar-refractivity contribution in [2.45, 2.75) is 39.7 Å². The molecule has 90 valence electrons. The molecule has 0 unspecified atom stereocenters. The highest BCUT2D eigenvalue weighted by Gasteiger charge is 2.15. The summed E-state index contributed by atoms with van der Waals surface area (Å²) in [6.07, 6.45) is 1.15. The Bertz CT molecular complexity index is 178. The van der Waals surface area contributed by atoms with Gasteiger partial charge in [-0.3, -0.25) is 4.79 Å². The summed E-state index contributed by atoms with van der Waals surface area (Å²) in [4.78, 5) is 11.3. The molecule has 0 rings (SSSR count). The van der Waals surface area contributed by atoms with Crippen molar-refractivity contribution in [1.82, 2.24) is 5.32 Å². The number of rotatable bonds is 7. The van der Waals surface area contributed by atoms with Gasteiger partial charge in [0.2, 0.25) is 0 Å². The molecule has 0 saturated carbocycles.